The molecule has 8 nitrogen and oxygen atoms in total. The minimum Gasteiger partial charge on any atom is -0.467 e. The first kappa shape index (κ1) is 19.1. The predicted octanol–water partition coefficient (Wildman–Crippen LogP) is 1.31. The van der Waals surface area contributed by atoms with Crippen molar-refractivity contribution in [1.82, 2.24) is 14.7 Å². The highest BCUT2D eigenvalue weighted by Gasteiger charge is 2.35. The van der Waals surface area contributed by atoms with Crippen LogP contribution in [0.4, 0.5) is 9.59 Å². The van der Waals surface area contributed by atoms with Crippen LogP contribution in [0.15, 0.2) is 0 Å². The number of piperidine rings is 1. The zero-order chi connectivity index (χ0) is 17.7. The lowest BCUT2D eigenvalue weighted by molar-refractivity contribution is -0.147. The van der Waals surface area contributed by atoms with Crippen LogP contribution in [0, 0.1) is 5.92 Å². The minimum atomic E-state index is -0.974. The number of hydrogen-bond acceptors (Lipinski definition) is 4. The van der Waals surface area contributed by atoms with Crippen molar-refractivity contribution in [1.29, 1.82) is 0 Å². The van der Waals surface area contributed by atoms with Gasteiger partial charge in [0.15, 0.2) is 0 Å². The maximum atomic E-state index is 12.7. The molecule has 3 amide bonds. The molecule has 1 fully saturated rings. The SMILES string of the molecule is COC(=O)C(C(C)C)N(C)C(=O)N(C)[C@H]1CCCN(C(=O)O)C1. The minimum absolute atomic E-state index is 0.0910. The van der Waals surface area contributed by atoms with Crippen molar-refractivity contribution in [2.45, 2.75) is 38.8 Å². The molecule has 0 aliphatic carbocycles. The lowest BCUT2D eigenvalue weighted by atomic mass is 10.0. The van der Waals surface area contributed by atoms with Crippen LogP contribution in [0.1, 0.15) is 26.7 Å². The van der Waals surface area contributed by atoms with Gasteiger partial charge in [-0.05, 0) is 18.8 Å². The number of nitrogens with zero attached hydrogens (tertiary/aromatic N) is 3. The Morgan fingerprint density at radius 1 is 1.26 bits per heavy atom. The van der Waals surface area contributed by atoms with E-state index >= 15 is 0 Å². The van der Waals surface area contributed by atoms with Crippen molar-refractivity contribution in [3.8, 4) is 0 Å². The summed E-state index contributed by atoms with van der Waals surface area (Å²) >= 11 is 0. The van der Waals surface area contributed by atoms with Crippen LogP contribution >= 0.6 is 0 Å². The molecule has 0 bridgehead atoms. The molecule has 1 saturated heterocycles. The van der Waals surface area contributed by atoms with Crippen molar-refractivity contribution in [3.05, 3.63) is 0 Å². The first-order valence-corrected chi connectivity index (χ1v) is 7.76. The Labute approximate surface area is 137 Å². The maximum absolute atomic E-state index is 12.7. The highest BCUT2D eigenvalue weighted by atomic mass is 16.5. The molecule has 1 rings (SSSR count). The summed E-state index contributed by atoms with van der Waals surface area (Å²) in [6.45, 7) is 4.47. The molecule has 0 aromatic rings. The highest BCUT2D eigenvalue weighted by Crippen LogP contribution is 2.18. The number of hydrogen-bond donors (Lipinski definition) is 1. The number of carbonyl (C=O) groups excluding carboxylic acids is 2. The number of rotatable bonds is 4. The second-order valence-corrected chi connectivity index (χ2v) is 6.24. The molecule has 2 atom stereocenters. The second kappa shape index (κ2) is 8.03. The molecule has 0 radical (unpaired) electrons. The molecule has 0 saturated carbocycles. The molecule has 0 spiro atoms. The largest absolute Gasteiger partial charge is 0.467 e. The molecular formula is C15H27N3O5. The average molecular weight is 329 g/mol. The molecule has 1 aliphatic rings. The molecule has 8 heteroatoms. The number of ether oxygens (including phenoxy) is 1. The van der Waals surface area contributed by atoms with Crippen molar-refractivity contribution in [2.75, 3.05) is 34.3 Å². The zero-order valence-corrected chi connectivity index (χ0v) is 14.5. The van der Waals surface area contributed by atoms with E-state index in [1.165, 1.54) is 21.8 Å². The Morgan fingerprint density at radius 3 is 2.35 bits per heavy atom. The molecule has 132 valence electrons. The van der Waals surface area contributed by atoms with Crippen LogP contribution in [0.2, 0.25) is 0 Å². The van der Waals surface area contributed by atoms with Crippen LogP contribution in [0.3, 0.4) is 0 Å². The summed E-state index contributed by atoms with van der Waals surface area (Å²) < 4.78 is 4.78. The fourth-order valence-corrected chi connectivity index (χ4v) is 2.97. The Kier molecular flexibility index (Phi) is 6.65. The Morgan fingerprint density at radius 2 is 1.87 bits per heavy atom. The highest BCUT2D eigenvalue weighted by molar-refractivity contribution is 5.83. The van der Waals surface area contributed by atoms with Gasteiger partial charge in [0.25, 0.3) is 0 Å². The van der Waals surface area contributed by atoms with Crippen molar-refractivity contribution in [3.63, 3.8) is 0 Å². The van der Waals surface area contributed by atoms with Gasteiger partial charge in [-0.25, -0.2) is 14.4 Å². The predicted molar refractivity (Wildman–Crippen MR) is 84.2 cm³/mol. The lowest BCUT2D eigenvalue weighted by Crippen LogP contribution is -2.56. The van der Waals surface area contributed by atoms with Gasteiger partial charge in [0.1, 0.15) is 6.04 Å². The summed E-state index contributed by atoms with van der Waals surface area (Å²) in [5, 5.41) is 9.10. The smallest absolute Gasteiger partial charge is 0.407 e. The summed E-state index contributed by atoms with van der Waals surface area (Å²) in [5.74, 6) is -0.549. The number of methoxy groups -OCH3 is 1. The number of likely N-dealkylation sites (N-methyl/N-ethyl adjacent to an activating group) is 2. The third-order valence-electron chi connectivity index (χ3n) is 4.31. The molecule has 0 aromatic carbocycles. The summed E-state index contributed by atoms with van der Waals surface area (Å²) in [5.41, 5.74) is 0. The van der Waals surface area contributed by atoms with Gasteiger partial charge in [0.2, 0.25) is 0 Å². The Balaban J connectivity index is 2.81. The van der Waals surface area contributed by atoms with E-state index in [2.05, 4.69) is 0 Å². The topological polar surface area (TPSA) is 90.4 Å². The summed E-state index contributed by atoms with van der Waals surface area (Å²) in [6.07, 6.45) is 0.478. The van der Waals surface area contributed by atoms with Crippen molar-refractivity contribution >= 4 is 18.1 Å². The summed E-state index contributed by atoms with van der Waals surface area (Å²) in [4.78, 5) is 39.9. The summed E-state index contributed by atoms with van der Waals surface area (Å²) in [7, 11) is 4.51. The third-order valence-corrected chi connectivity index (χ3v) is 4.31. The molecule has 1 aliphatic heterocycles. The lowest BCUT2D eigenvalue weighted by Gasteiger charge is -2.39. The van der Waals surface area contributed by atoms with E-state index in [0.29, 0.717) is 13.0 Å². The third kappa shape index (κ3) is 4.49. The molecule has 1 N–H and O–H groups in total. The van der Waals surface area contributed by atoms with Crippen LogP contribution in [0.5, 0.6) is 0 Å². The number of amides is 3. The van der Waals surface area contributed by atoms with Gasteiger partial charge in [0.05, 0.1) is 13.2 Å². The van der Waals surface area contributed by atoms with Crippen molar-refractivity contribution < 1.29 is 24.2 Å². The fraction of sp³-hybridized carbons (Fsp3) is 0.800. The molecule has 23 heavy (non-hydrogen) atoms. The van der Waals surface area contributed by atoms with Gasteiger partial charge in [-0.3, -0.25) is 0 Å². The number of esters is 1. The van der Waals surface area contributed by atoms with Crippen LogP contribution < -0.4 is 0 Å². The number of carboxylic acid groups (broad SMARTS) is 1. The van der Waals surface area contributed by atoms with E-state index in [1.54, 1.807) is 14.1 Å². The zero-order valence-electron chi connectivity index (χ0n) is 14.5. The van der Waals surface area contributed by atoms with E-state index in [9.17, 15) is 14.4 Å². The average Bonchev–Trinajstić information content (AvgIpc) is 2.52. The Hall–Kier alpha value is -1.99. The van der Waals surface area contributed by atoms with Gasteiger partial charge in [0, 0.05) is 27.2 Å². The van der Waals surface area contributed by atoms with Crippen LogP contribution in [-0.4, -0.2) is 84.3 Å². The van der Waals surface area contributed by atoms with E-state index in [0.717, 1.165) is 6.42 Å². The second-order valence-electron chi connectivity index (χ2n) is 6.24. The Bertz CT molecular complexity index is 454. The van der Waals surface area contributed by atoms with Gasteiger partial charge in [-0.1, -0.05) is 13.8 Å². The van der Waals surface area contributed by atoms with Gasteiger partial charge in [-0.2, -0.15) is 0 Å². The van der Waals surface area contributed by atoms with Crippen LogP contribution in [0.25, 0.3) is 0 Å². The van der Waals surface area contributed by atoms with Gasteiger partial charge >= 0.3 is 18.1 Å². The molecular weight excluding hydrogens is 302 g/mol. The monoisotopic (exact) mass is 329 g/mol. The summed E-state index contributed by atoms with van der Waals surface area (Å²) in [6, 6.07) is -1.18. The number of urea groups is 1. The normalized spacial score (nSPS) is 19.2. The van der Waals surface area contributed by atoms with Gasteiger partial charge in [-0.15, -0.1) is 0 Å². The first-order chi connectivity index (χ1) is 10.7. The van der Waals surface area contributed by atoms with Crippen LogP contribution in [-0.2, 0) is 9.53 Å². The van der Waals surface area contributed by atoms with E-state index in [-0.39, 0.29) is 24.5 Å². The standard InChI is InChI=1S/C15H27N3O5/c1-10(2)12(13(19)23-5)17(4)14(20)16(3)11-7-6-8-18(9-11)15(21)22/h10-12H,6-9H2,1-5H3,(H,21,22)/t11-,12?/m0/s1. The van der Waals surface area contributed by atoms with E-state index in [4.69, 9.17) is 9.84 Å². The first-order valence-electron chi connectivity index (χ1n) is 7.76. The van der Waals surface area contributed by atoms with Crippen molar-refractivity contribution in [2.24, 2.45) is 5.92 Å². The molecule has 1 unspecified atom stereocenters. The molecule has 0 aromatic heterocycles. The van der Waals surface area contributed by atoms with E-state index < -0.39 is 18.1 Å². The molecule has 1 heterocycles. The van der Waals surface area contributed by atoms with E-state index in [1.807, 2.05) is 13.8 Å². The number of carbonyl (C=O) groups is 3. The number of likely N-dealkylation sites (tertiary alicyclic amines) is 1. The maximum Gasteiger partial charge on any atom is 0.407 e. The quantitative estimate of drug-likeness (QED) is 0.785. The van der Waals surface area contributed by atoms with Gasteiger partial charge < -0.3 is 24.5 Å². The fourth-order valence-electron chi connectivity index (χ4n) is 2.97.